The van der Waals surface area contributed by atoms with Crippen LogP contribution in [0.3, 0.4) is 0 Å². The molecule has 0 aliphatic carbocycles. The lowest BCUT2D eigenvalue weighted by Gasteiger charge is -2.24. The molecule has 0 bridgehead atoms. The van der Waals surface area contributed by atoms with E-state index in [0.29, 0.717) is 0 Å². The van der Waals surface area contributed by atoms with E-state index in [1.165, 1.54) is 48.8 Å². The fourth-order valence-corrected chi connectivity index (χ4v) is 10.7. The number of hydrogen-bond donors (Lipinski definition) is 0. The Bertz CT molecular complexity index is 1580. The molecule has 36 heavy (non-hydrogen) atoms. The highest BCUT2D eigenvalue weighted by Crippen LogP contribution is 2.47. The molecular formula is C30H26S6. The lowest BCUT2D eigenvalue weighted by atomic mass is 9.88. The van der Waals surface area contributed by atoms with Crippen molar-refractivity contribution in [2.24, 2.45) is 0 Å². The van der Waals surface area contributed by atoms with Crippen LogP contribution in [0.2, 0.25) is 0 Å². The summed E-state index contributed by atoms with van der Waals surface area (Å²) in [5.41, 5.74) is 0.0348. The van der Waals surface area contributed by atoms with Crippen molar-refractivity contribution in [3.8, 4) is 29.3 Å². The van der Waals surface area contributed by atoms with Gasteiger partial charge in [0.05, 0.1) is 0 Å². The van der Waals surface area contributed by atoms with Crippen LogP contribution < -0.4 is 0 Å². The smallest absolute Gasteiger partial charge is 0.0449 e. The van der Waals surface area contributed by atoms with Crippen molar-refractivity contribution in [1.29, 1.82) is 0 Å². The van der Waals surface area contributed by atoms with Gasteiger partial charge in [-0.05, 0) is 71.4 Å². The van der Waals surface area contributed by atoms with Crippen LogP contribution >= 0.6 is 68.0 Å². The van der Waals surface area contributed by atoms with E-state index in [9.17, 15) is 0 Å². The number of hydrogen-bond acceptors (Lipinski definition) is 6. The van der Waals surface area contributed by atoms with Crippen LogP contribution in [0.25, 0.3) is 29.3 Å². The van der Waals surface area contributed by atoms with E-state index in [0.717, 1.165) is 0 Å². The van der Waals surface area contributed by atoms with Crippen LogP contribution in [-0.2, 0) is 10.8 Å². The summed E-state index contributed by atoms with van der Waals surface area (Å²) in [6, 6.07) is 27.2. The second kappa shape index (κ2) is 9.50. The molecule has 0 N–H and O–H groups in total. The molecule has 0 amide bonds. The molecule has 0 spiro atoms. The van der Waals surface area contributed by atoms with Crippen LogP contribution in [0.5, 0.6) is 0 Å². The number of rotatable bonds is 7. The summed E-state index contributed by atoms with van der Waals surface area (Å²) in [6.45, 7) is 9.42. The molecule has 0 unspecified atom stereocenters. The van der Waals surface area contributed by atoms with E-state index in [2.05, 4.69) is 111 Å². The van der Waals surface area contributed by atoms with Gasteiger partial charge in [0.2, 0.25) is 0 Å². The first-order chi connectivity index (χ1) is 17.3. The van der Waals surface area contributed by atoms with E-state index in [-0.39, 0.29) is 10.8 Å². The molecule has 0 fully saturated rings. The minimum absolute atomic E-state index is 0.0131. The van der Waals surface area contributed by atoms with Crippen molar-refractivity contribution in [2.75, 3.05) is 0 Å². The molecule has 6 heteroatoms. The highest BCUT2D eigenvalue weighted by molar-refractivity contribution is 7.28. The predicted molar refractivity (Wildman–Crippen MR) is 167 cm³/mol. The third-order valence-electron chi connectivity index (χ3n) is 6.66. The predicted octanol–water partition coefficient (Wildman–Crippen LogP) is 11.7. The Labute approximate surface area is 237 Å². The van der Waals surface area contributed by atoms with Gasteiger partial charge in [0, 0.05) is 59.6 Å². The van der Waals surface area contributed by atoms with Gasteiger partial charge < -0.3 is 0 Å². The molecule has 182 valence electrons. The van der Waals surface area contributed by atoms with Crippen molar-refractivity contribution >= 4 is 68.0 Å². The van der Waals surface area contributed by atoms with Gasteiger partial charge in [0.25, 0.3) is 0 Å². The molecular weight excluding hydrogens is 553 g/mol. The first kappa shape index (κ1) is 24.5. The van der Waals surface area contributed by atoms with Gasteiger partial charge >= 0.3 is 0 Å². The molecule has 0 radical (unpaired) electrons. The quantitative estimate of drug-likeness (QED) is 0.177. The maximum Gasteiger partial charge on any atom is 0.0449 e. The Morgan fingerprint density at radius 3 is 1.39 bits per heavy atom. The molecule has 0 nitrogen and oxygen atoms in total. The summed E-state index contributed by atoms with van der Waals surface area (Å²) in [5.74, 6) is 0. The normalized spacial score (nSPS) is 12.4. The van der Waals surface area contributed by atoms with E-state index in [1.54, 1.807) is 0 Å². The Hall–Kier alpha value is -1.80. The first-order valence-electron chi connectivity index (χ1n) is 11.8. The van der Waals surface area contributed by atoms with Gasteiger partial charge in [-0.15, -0.1) is 68.0 Å². The van der Waals surface area contributed by atoms with Gasteiger partial charge in [-0.25, -0.2) is 0 Å². The van der Waals surface area contributed by atoms with Crippen LogP contribution in [0.1, 0.15) is 47.2 Å². The molecule has 0 saturated heterocycles. The summed E-state index contributed by atoms with van der Waals surface area (Å²) in [4.78, 5) is 13.8. The molecule has 6 aromatic rings. The summed E-state index contributed by atoms with van der Waals surface area (Å²) < 4.78 is 0. The number of thiophene rings is 6. The van der Waals surface area contributed by atoms with Gasteiger partial charge in [0.15, 0.2) is 0 Å². The zero-order valence-corrected chi connectivity index (χ0v) is 25.4. The molecule has 0 atom stereocenters. The molecule has 6 heterocycles. The van der Waals surface area contributed by atoms with Crippen LogP contribution in [-0.4, -0.2) is 0 Å². The molecule has 0 aromatic carbocycles. The van der Waals surface area contributed by atoms with Crippen molar-refractivity contribution in [3.05, 3.63) is 103 Å². The maximum absolute atomic E-state index is 2.37. The van der Waals surface area contributed by atoms with Crippen molar-refractivity contribution in [1.82, 2.24) is 0 Å². The fourth-order valence-electron chi connectivity index (χ4n) is 4.32. The third kappa shape index (κ3) is 4.42. The van der Waals surface area contributed by atoms with Gasteiger partial charge in [-0.3, -0.25) is 0 Å². The minimum Gasteiger partial charge on any atom is -0.148 e. The fraction of sp³-hybridized carbons (Fsp3) is 0.200. The lowest BCUT2D eigenvalue weighted by molar-refractivity contribution is 0.669. The Morgan fingerprint density at radius 1 is 0.389 bits per heavy atom. The Morgan fingerprint density at radius 2 is 0.833 bits per heavy atom. The largest absolute Gasteiger partial charge is 0.148 e. The van der Waals surface area contributed by atoms with Crippen molar-refractivity contribution in [2.45, 2.75) is 38.5 Å². The monoisotopic (exact) mass is 578 g/mol. The van der Waals surface area contributed by atoms with Crippen LogP contribution in [0.15, 0.2) is 83.6 Å². The lowest BCUT2D eigenvalue weighted by Crippen LogP contribution is -2.16. The second-order valence-electron chi connectivity index (χ2n) is 9.86. The molecule has 0 aliphatic heterocycles. The second-order valence-corrected chi connectivity index (χ2v) is 16.1. The highest BCUT2D eigenvalue weighted by atomic mass is 32.1. The summed E-state index contributed by atoms with van der Waals surface area (Å²) >= 11 is 11.4. The van der Waals surface area contributed by atoms with Crippen molar-refractivity contribution in [3.63, 3.8) is 0 Å². The van der Waals surface area contributed by atoms with E-state index < -0.39 is 0 Å². The summed E-state index contributed by atoms with van der Waals surface area (Å²) in [7, 11) is 0. The van der Waals surface area contributed by atoms with Gasteiger partial charge in [-0.2, -0.15) is 0 Å². The summed E-state index contributed by atoms with van der Waals surface area (Å²) in [5, 5.41) is 4.33. The van der Waals surface area contributed by atoms with E-state index in [4.69, 9.17) is 0 Å². The van der Waals surface area contributed by atoms with Crippen LogP contribution in [0.4, 0.5) is 0 Å². The highest BCUT2D eigenvalue weighted by Gasteiger charge is 2.31. The molecule has 6 aromatic heterocycles. The zero-order chi connectivity index (χ0) is 24.9. The molecule has 6 rings (SSSR count). The SMILES string of the molecule is CC(C)(c1cccs1)c1ccc(C(C)(C)c2ccc(-c3ccc(-c4ccc(-c5cccs5)s4)s3)s2)s1. The zero-order valence-electron chi connectivity index (χ0n) is 20.5. The van der Waals surface area contributed by atoms with Gasteiger partial charge in [-0.1, -0.05) is 39.8 Å². The summed E-state index contributed by atoms with van der Waals surface area (Å²) in [6.07, 6.45) is 0. The Kier molecular flexibility index (Phi) is 6.47. The molecule has 0 saturated carbocycles. The third-order valence-corrected chi connectivity index (χ3v) is 14.6. The van der Waals surface area contributed by atoms with Crippen LogP contribution in [0, 0.1) is 0 Å². The van der Waals surface area contributed by atoms with E-state index in [1.807, 2.05) is 68.0 Å². The Balaban J connectivity index is 1.24. The standard InChI is InChI=1S/C30H26S6/c1-29(2,25-8-6-18-32-25)27-15-16-28(36-27)30(3,4)26-14-13-24(35-26)23-12-11-22(34-23)21-10-9-20(33-21)19-7-5-17-31-19/h5-18H,1-4H3. The maximum atomic E-state index is 2.37. The van der Waals surface area contributed by atoms with E-state index >= 15 is 0 Å². The minimum atomic E-state index is -0.0131. The average molecular weight is 579 g/mol. The topological polar surface area (TPSA) is 0 Å². The average Bonchev–Trinajstić information content (AvgIpc) is 3.71. The van der Waals surface area contributed by atoms with Gasteiger partial charge in [0.1, 0.15) is 0 Å². The van der Waals surface area contributed by atoms with Crippen molar-refractivity contribution < 1.29 is 0 Å². The molecule has 0 aliphatic rings. The first-order valence-corrected chi connectivity index (χ1v) is 16.8.